The van der Waals surface area contributed by atoms with Gasteiger partial charge in [0.1, 0.15) is 11.6 Å². The Morgan fingerprint density at radius 1 is 1.11 bits per heavy atom. The Labute approximate surface area is 270 Å². The third-order valence-corrected chi connectivity index (χ3v) is 8.27. The highest BCUT2D eigenvalue weighted by Crippen LogP contribution is 2.36. The number of benzene rings is 2. The number of halogens is 1. The minimum atomic E-state index is -0.268. The highest BCUT2D eigenvalue weighted by Gasteiger charge is 2.33. The van der Waals surface area contributed by atoms with Crippen molar-refractivity contribution in [1.82, 2.24) is 19.8 Å². The highest BCUT2D eigenvalue weighted by molar-refractivity contribution is 7.97. The summed E-state index contributed by atoms with van der Waals surface area (Å²) in [5.74, 6) is 0.314. The maximum absolute atomic E-state index is 15.1. The Morgan fingerprint density at radius 2 is 1.84 bits per heavy atom. The molecule has 45 heavy (non-hydrogen) atoms. The number of nitrogens with zero attached hydrogens (tertiary/aromatic N) is 7. The average Bonchev–Trinajstić information content (AvgIpc) is 3.55. The standard InChI is InChI=1S/C27H27FN6O2.C5H11N.C2H6S/c1-3-24(35)34-15-14-33(16-19(34)10-12-29)26-21-11-13-32(17-23(21)30-27(31-26)36-2)25-20-7-5-4-6-18(20)8-9-22(25)28;1-6-4-2-3-5-6;1-3-2/h3-9,19H,1,10-11,13-17H2,2H3;2-5H2,1H3;1-2H3. The molecule has 11 heteroatoms. The second-order valence-electron chi connectivity index (χ2n) is 11.4. The van der Waals surface area contributed by atoms with Gasteiger partial charge in [-0.2, -0.15) is 27.0 Å². The van der Waals surface area contributed by atoms with E-state index in [2.05, 4.69) is 39.5 Å². The number of aromatic nitrogens is 2. The quantitative estimate of drug-likeness (QED) is 0.354. The zero-order valence-electron chi connectivity index (χ0n) is 26.8. The summed E-state index contributed by atoms with van der Waals surface area (Å²) in [5.41, 5.74) is 2.35. The predicted octanol–water partition coefficient (Wildman–Crippen LogP) is 5.15. The number of ether oxygens (including phenoxy) is 1. The van der Waals surface area contributed by atoms with Crippen LogP contribution in [0.5, 0.6) is 6.01 Å². The zero-order valence-corrected chi connectivity index (χ0v) is 27.7. The number of hydrogen-bond acceptors (Lipinski definition) is 9. The average molecular weight is 634 g/mol. The van der Waals surface area contributed by atoms with E-state index in [0.29, 0.717) is 44.8 Å². The third kappa shape index (κ3) is 8.24. The molecule has 0 bridgehead atoms. The van der Waals surface area contributed by atoms with Crippen LogP contribution in [0.25, 0.3) is 10.8 Å². The van der Waals surface area contributed by atoms with Crippen LogP contribution in [-0.2, 0) is 17.8 Å². The van der Waals surface area contributed by atoms with Crippen LogP contribution in [0.15, 0.2) is 49.1 Å². The van der Waals surface area contributed by atoms with Crippen LogP contribution < -0.4 is 14.5 Å². The molecule has 0 spiro atoms. The Kier molecular flexibility index (Phi) is 12.4. The van der Waals surface area contributed by atoms with E-state index in [1.54, 1.807) is 22.7 Å². The van der Waals surface area contributed by atoms with Crippen LogP contribution in [-0.4, -0.2) is 97.7 Å². The molecule has 1 aromatic heterocycles. The Morgan fingerprint density at radius 3 is 2.49 bits per heavy atom. The third-order valence-electron chi connectivity index (χ3n) is 8.27. The van der Waals surface area contributed by atoms with Gasteiger partial charge in [0.15, 0.2) is 0 Å². The number of nitriles is 1. The maximum atomic E-state index is 15.1. The van der Waals surface area contributed by atoms with Crippen molar-refractivity contribution in [2.75, 3.05) is 75.7 Å². The normalized spacial score (nSPS) is 17.8. The van der Waals surface area contributed by atoms with Crippen LogP contribution in [0.2, 0.25) is 0 Å². The van der Waals surface area contributed by atoms with E-state index in [1.807, 2.05) is 41.7 Å². The maximum Gasteiger partial charge on any atom is 0.318 e. The number of carbonyl (C=O) groups is 1. The molecule has 9 nitrogen and oxygen atoms in total. The van der Waals surface area contributed by atoms with E-state index in [0.717, 1.165) is 27.8 Å². The summed E-state index contributed by atoms with van der Waals surface area (Å²) in [6.07, 6.45) is 9.05. The molecular weight excluding hydrogens is 589 g/mol. The van der Waals surface area contributed by atoms with Gasteiger partial charge >= 0.3 is 6.01 Å². The van der Waals surface area contributed by atoms with Gasteiger partial charge in [-0.05, 0) is 69.4 Å². The van der Waals surface area contributed by atoms with Gasteiger partial charge < -0.3 is 24.3 Å². The van der Waals surface area contributed by atoms with E-state index in [-0.39, 0.29) is 30.2 Å². The molecule has 240 valence electrons. The van der Waals surface area contributed by atoms with E-state index >= 15 is 4.39 Å². The van der Waals surface area contributed by atoms with Crippen LogP contribution in [0.1, 0.15) is 30.5 Å². The summed E-state index contributed by atoms with van der Waals surface area (Å²) in [4.78, 5) is 29.8. The molecule has 3 aliphatic heterocycles. The predicted molar refractivity (Wildman–Crippen MR) is 182 cm³/mol. The lowest BCUT2D eigenvalue weighted by molar-refractivity contribution is -0.128. The molecule has 1 atom stereocenters. The monoisotopic (exact) mass is 633 g/mol. The van der Waals surface area contributed by atoms with Crippen LogP contribution in [0.4, 0.5) is 15.9 Å². The topological polar surface area (TPSA) is 88.8 Å². The van der Waals surface area contributed by atoms with Gasteiger partial charge in [-0.25, -0.2) is 4.39 Å². The number of rotatable bonds is 5. The van der Waals surface area contributed by atoms with E-state index in [4.69, 9.17) is 4.74 Å². The first-order chi connectivity index (χ1) is 21.8. The first-order valence-corrected chi connectivity index (χ1v) is 17.0. The number of carbonyl (C=O) groups excluding carboxylic acids is 1. The van der Waals surface area contributed by atoms with Crippen molar-refractivity contribution >= 4 is 39.9 Å². The molecular formula is C34H44FN7O2S. The highest BCUT2D eigenvalue weighted by atomic mass is 32.2. The summed E-state index contributed by atoms with van der Waals surface area (Å²) in [5, 5.41) is 11.2. The number of likely N-dealkylation sites (tertiary alicyclic amines) is 1. The van der Waals surface area contributed by atoms with Crippen molar-refractivity contribution in [3.63, 3.8) is 0 Å². The number of hydrogen-bond donors (Lipinski definition) is 0. The van der Waals surface area contributed by atoms with Gasteiger partial charge in [0.2, 0.25) is 5.91 Å². The van der Waals surface area contributed by atoms with Gasteiger partial charge in [0.25, 0.3) is 0 Å². The molecule has 1 amide bonds. The number of anilines is 2. The molecule has 2 saturated heterocycles. The van der Waals surface area contributed by atoms with Crippen molar-refractivity contribution in [2.24, 2.45) is 0 Å². The second kappa shape index (κ2) is 16.4. The van der Waals surface area contributed by atoms with E-state index < -0.39 is 0 Å². The Hall–Kier alpha value is -3.88. The lowest BCUT2D eigenvalue weighted by Gasteiger charge is -2.42. The number of amides is 1. The van der Waals surface area contributed by atoms with Crippen molar-refractivity contribution in [3.05, 3.63) is 66.1 Å². The fourth-order valence-electron chi connectivity index (χ4n) is 6.09. The Bertz CT molecular complexity index is 1510. The molecule has 4 heterocycles. The van der Waals surface area contributed by atoms with Crippen molar-refractivity contribution in [2.45, 2.75) is 38.3 Å². The molecule has 6 rings (SSSR count). The summed E-state index contributed by atoms with van der Waals surface area (Å²) in [7, 11) is 3.70. The number of fused-ring (bicyclic) bond motifs is 2. The molecule has 0 saturated carbocycles. The summed E-state index contributed by atoms with van der Waals surface area (Å²) in [6.45, 7) is 8.76. The van der Waals surface area contributed by atoms with Crippen LogP contribution >= 0.6 is 11.8 Å². The van der Waals surface area contributed by atoms with Gasteiger partial charge in [-0.1, -0.05) is 36.9 Å². The van der Waals surface area contributed by atoms with Gasteiger partial charge in [-0.3, -0.25) is 4.79 Å². The summed E-state index contributed by atoms with van der Waals surface area (Å²) >= 11 is 1.75. The SMILES string of the molecule is C=CC(=O)N1CCN(c2nc(OC)nc3c2CCN(c2c(F)ccc4ccccc24)C3)CC1CC#N.CN1CCCC1.CSC. The minimum Gasteiger partial charge on any atom is -0.467 e. The smallest absolute Gasteiger partial charge is 0.318 e. The summed E-state index contributed by atoms with van der Waals surface area (Å²) in [6, 6.07) is 13.3. The summed E-state index contributed by atoms with van der Waals surface area (Å²) < 4.78 is 20.5. The fourth-order valence-corrected chi connectivity index (χ4v) is 6.09. The van der Waals surface area contributed by atoms with Crippen molar-refractivity contribution < 1.29 is 13.9 Å². The molecule has 1 unspecified atom stereocenters. The van der Waals surface area contributed by atoms with Crippen LogP contribution in [0.3, 0.4) is 0 Å². The Balaban J connectivity index is 0.000000446. The van der Waals surface area contributed by atoms with Crippen molar-refractivity contribution in [3.8, 4) is 12.1 Å². The lowest BCUT2D eigenvalue weighted by Crippen LogP contribution is -2.55. The van der Waals surface area contributed by atoms with Gasteiger partial charge in [0, 0.05) is 37.1 Å². The molecule has 2 fully saturated rings. The van der Waals surface area contributed by atoms with Crippen LogP contribution in [0, 0.1) is 17.1 Å². The largest absolute Gasteiger partial charge is 0.467 e. The minimum absolute atomic E-state index is 0.176. The molecule has 3 aromatic rings. The molecule has 0 radical (unpaired) electrons. The van der Waals surface area contributed by atoms with E-state index in [1.165, 1.54) is 45.2 Å². The molecule has 3 aliphatic rings. The number of methoxy groups -OCH3 is 1. The lowest BCUT2D eigenvalue weighted by atomic mass is 10.0. The fraction of sp³-hybridized carbons (Fsp3) is 0.471. The first kappa shape index (κ1) is 34.0. The molecule has 0 aliphatic carbocycles. The van der Waals surface area contributed by atoms with Gasteiger partial charge in [-0.15, -0.1) is 0 Å². The number of thioether (sulfide) groups is 1. The molecule has 2 aromatic carbocycles. The van der Waals surface area contributed by atoms with E-state index in [9.17, 15) is 10.1 Å². The zero-order chi connectivity index (χ0) is 32.3. The van der Waals surface area contributed by atoms with Gasteiger partial charge in [0.05, 0.1) is 43.6 Å². The van der Waals surface area contributed by atoms with Crippen molar-refractivity contribution in [1.29, 1.82) is 5.26 Å². The second-order valence-corrected chi connectivity index (χ2v) is 12.2. The number of piperazine rings is 1. The molecule has 0 N–H and O–H groups in total. The first-order valence-electron chi connectivity index (χ1n) is 15.3.